The molecule has 1 saturated carbocycles. The number of benzene rings is 1. The first-order valence-electron chi connectivity index (χ1n) is 10.1. The van der Waals surface area contributed by atoms with Crippen LogP contribution in [0.5, 0.6) is 5.75 Å². The lowest BCUT2D eigenvalue weighted by atomic mass is 10.1. The van der Waals surface area contributed by atoms with E-state index in [1.54, 1.807) is 7.11 Å². The van der Waals surface area contributed by atoms with Crippen molar-refractivity contribution in [2.75, 3.05) is 39.8 Å². The number of amides is 1. The van der Waals surface area contributed by atoms with Crippen molar-refractivity contribution in [1.82, 2.24) is 15.1 Å². The van der Waals surface area contributed by atoms with Crippen LogP contribution in [0.15, 0.2) is 24.3 Å². The highest BCUT2D eigenvalue weighted by Crippen LogP contribution is 2.17. The van der Waals surface area contributed by atoms with E-state index in [4.69, 9.17) is 4.74 Å². The monoisotopic (exact) mass is 359 g/mol. The molecule has 2 aliphatic rings. The molecule has 0 unspecified atom stereocenters. The summed E-state index contributed by atoms with van der Waals surface area (Å²) in [5.41, 5.74) is 1.31. The third kappa shape index (κ3) is 5.99. The molecule has 5 nitrogen and oxygen atoms in total. The molecular weight excluding hydrogens is 326 g/mol. The molecule has 0 radical (unpaired) electrons. The maximum Gasteiger partial charge on any atom is 0.234 e. The highest BCUT2D eigenvalue weighted by atomic mass is 16.5. The number of rotatable bonds is 6. The standard InChI is InChI=1S/C21H33N3O2/c1-26-20-10-8-18(9-11-20)16-23-12-14-24(15-13-23)17-21(25)22-19-6-4-2-3-5-7-19/h8-11,19H,2-7,12-17H2,1H3,(H,22,25). The molecule has 1 saturated heterocycles. The van der Waals surface area contributed by atoms with Crippen molar-refractivity contribution in [3.8, 4) is 5.75 Å². The quantitative estimate of drug-likeness (QED) is 0.793. The van der Waals surface area contributed by atoms with E-state index in [2.05, 4.69) is 27.2 Å². The van der Waals surface area contributed by atoms with Crippen LogP contribution in [-0.4, -0.2) is 61.6 Å². The molecule has 3 rings (SSSR count). The van der Waals surface area contributed by atoms with Crippen molar-refractivity contribution in [3.05, 3.63) is 29.8 Å². The minimum absolute atomic E-state index is 0.209. The van der Waals surface area contributed by atoms with E-state index in [1.807, 2.05) is 12.1 Å². The molecule has 0 bridgehead atoms. The molecule has 144 valence electrons. The van der Waals surface area contributed by atoms with Gasteiger partial charge < -0.3 is 10.1 Å². The molecule has 0 spiro atoms. The Morgan fingerprint density at radius 1 is 1.00 bits per heavy atom. The van der Waals surface area contributed by atoms with Crippen molar-refractivity contribution in [2.24, 2.45) is 0 Å². The van der Waals surface area contributed by atoms with Gasteiger partial charge >= 0.3 is 0 Å². The third-order valence-corrected chi connectivity index (χ3v) is 5.62. The van der Waals surface area contributed by atoms with Crippen molar-refractivity contribution in [3.63, 3.8) is 0 Å². The highest BCUT2D eigenvalue weighted by Gasteiger charge is 2.21. The molecule has 1 aliphatic carbocycles. The number of carbonyl (C=O) groups excluding carboxylic acids is 1. The third-order valence-electron chi connectivity index (χ3n) is 5.62. The Bertz CT molecular complexity index is 545. The zero-order valence-electron chi connectivity index (χ0n) is 16.1. The maximum atomic E-state index is 12.3. The van der Waals surface area contributed by atoms with Gasteiger partial charge in [-0.15, -0.1) is 0 Å². The number of piperazine rings is 1. The number of hydrogen-bond donors (Lipinski definition) is 1. The summed E-state index contributed by atoms with van der Waals surface area (Å²) in [5, 5.41) is 3.26. The topological polar surface area (TPSA) is 44.8 Å². The lowest BCUT2D eigenvalue weighted by Crippen LogP contribution is -2.50. The van der Waals surface area contributed by atoms with Crippen LogP contribution >= 0.6 is 0 Å². The lowest BCUT2D eigenvalue weighted by Gasteiger charge is -2.34. The predicted molar refractivity (Wildman–Crippen MR) is 104 cm³/mol. The molecular formula is C21H33N3O2. The second-order valence-electron chi connectivity index (χ2n) is 7.66. The first kappa shape index (κ1) is 19.2. The highest BCUT2D eigenvalue weighted by molar-refractivity contribution is 5.78. The first-order valence-corrected chi connectivity index (χ1v) is 10.1. The van der Waals surface area contributed by atoms with E-state index in [1.165, 1.54) is 31.2 Å². The second kappa shape index (κ2) is 9.93. The van der Waals surface area contributed by atoms with Crippen molar-refractivity contribution in [1.29, 1.82) is 0 Å². The Morgan fingerprint density at radius 2 is 1.62 bits per heavy atom. The lowest BCUT2D eigenvalue weighted by molar-refractivity contribution is -0.123. The fraction of sp³-hybridized carbons (Fsp3) is 0.667. The van der Waals surface area contributed by atoms with Crippen LogP contribution in [0, 0.1) is 0 Å². The van der Waals surface area contributed by atoms with Crippen LogP contribution in [0.4, 0.5) is 0 Å². The van der Waals surface area contributed by atoms with Gasteiger partial charge in [0.25, 0.3) is 0 Å². The molecule has 1 aromatic carbocycles. The Morgan fingerprint density at radius 3 is 2.23 bits per heavy atom. The van der Waals surface area contributed by atoms with E-state index in [-0.39, 0.29) is 5.91 Å². The normalized spacial score (nSPS) is 20.5. The van der Waals surface area contributed by atoms with E-state index in [0.717, 1.165) is 51.3 Å². The average molecular weight is 360 g/mol. The fourth-order valence-corrected chi connectivity index (χ4v) is 3.99. The van der Waals surface area contributed by atoms with Gasteiger partial charge in [-0.1, -0.05) is 37.8 Å². The zero-order chi connectivity index (χ0) is 18.2. The number of carbonyl (C=O) groups is 1. The summed E-state index contributed by atoms with van der Waals surface area (Å²) >= 11 is 0. The SMILES string of the molecule is COc1ccc(CN2CCN(CC(=O)NC3CCCCCC3)CC2)cc1. The van der Waals surface area contributed by atoms with Gasteiger partial charge in [-0.3, -0.25) is 14.6 Å². The fourth-order valence-electron chi connectivity index (χ4n) is 3.99. The van der Waals surface area contributed by atoms with Crippen LogP contribution in [0.25, 0.3) is 0 Å². The molecule has 1 amide bonds. The Hall–Kier alpha value is -1.59. The summed E-state index contributed by atoms with van der Waals surface area (Å²) < 4.78 is 5.21. The molecule has 5 heteroatoms. The Balaban J connectivity index is 1.36. The molecule has 0 aromatic heterocycles. The molecule has 1 aliphatic heterocycles. The average Bonchev–Trinajstić information content (AvgIpc) is 2.92. The zero-order valence-corrected chi connectivity index (χ0v) is 16.1. The predicted octanol–water partition coefficient (Wildman–Crippen LogP) is 2.65. The van der Waals surface area contributed by atoms with Crippen molar-refractivity contribution in [2.45, 2.75) is 51.1 Å². The van der Waals surface area contributed by atoms with Crippen LogP contribution in [0.3, 0.4) is 0 Å². The Labute approximate surface area is 157 Å². The number of hydrogen-bond acceptors (Lipinski definition) is 4. The molecule has 0 atom stereocenters. The molecule has 1 aromatic rings. The summed E-state index contributed by atoms with van der Waals surface area (Å²) in [6.45, 7) is 5.48. The van der Waals surface area contributed by atoms with E-state index in [9.17, 15) is 4.79 Å². The van der Waals surface area contributed by atoms with Gasteiger partial charge in [0.1, 0.15) is 5.75 Å². The summed E-state index contributed by atoms with van der Waals surface area (Å²) in [7, 11) is 1.69. The number of nitrogens with one attached hydrogen (secondary N) is 1. The van der Waals surface area contributed by atoms with Gasteiger partial charge in [0.2, 0.25) is 5.91 Å². The number of nitrogens with zero attached hydrogens (tertiary/aromatic N) is 2. The van der Waals surface area contributed by atoms with Crippen molar-refractivity contribution < 1.29 is 9.53 Å². The minimum Gasteiger partial charge on any atom is -0.497 e. The second-order valence-corrected chi connectivity index (χ2v) is 7.66. The summed E-state index contributed by atoms with van der Waals surface area (Å²) in [5.74, 6) is 1.11. The van der Waals surface area contributed by atoms with E-state index >= 15 is 0 Å². The van der Waals surface area contributed by atoms with Crippen LogP contribution in [0.2, 0.25) is 0 Å². The van der Waals surface area contributed by atoms with E-state index < -0.39 is 0 Å². The molecule has 26 heavy (non-hydrogen) atoms. The van der Waals surface area contributed by atoms with Crippen molar-refractivity contribution >= 4 is 5.91 Å². The van der Waals surface area contributed by atoms with Gasteiger partial charge in [-0.05, 0) is 30.5 Å². The maximum absolute atomic E-state index is 12.3. The summed E-state index contributed by atoms with van der Waals surface area (Å²) in [4.78, 5) is 17.1. The van der Waals surface area contributed by atoms with Gasteiger partial charge in [0, 0.05) is 38.8 Å². The van der Waals surface area contributed by atoms with Crippen LogP contribution in [0.1, 0.15) is 44.1 Å². The minimum atomic E-state index is 0.209. The summed E-state index contributed by atoms with van der Waals surface area (Å²) in [6, 6.07) is 8.70. The molecule has 1 N–H and O–H groups in total. The van der Waals surface area contributed by atoms with Crippen LogP contribution < -0.4 is 10.1 Å². The molecule has 1 heterocycles. The van der Waals surface area contributed by atoms with Gasteiger partial charge in [-0.2, -0.15) is 0 Å². The smallest absolute Gasteiger partial charge is 0.234 e. The first-order chi connectivity index (χ1) is 12.7. The van der Waals surface area contributed by atoms with Gasteiger partial charge in [0.05, 0.1) is 13.7 Å². The van der Waals surface area contributed by atoms with Gasteiger partial charge in [0.15, 0.2) is 0 Å². The van der Waals surface area contributed by atoms with E-state index in [0.29, 0.717) is 12.6 Å². The molecule has 2 fully saturated rings. The largest absolute Gasteiger partial charge is 0.497 e. The summed E-state index contributed by atoms with van der Waals surface area (Å²) in [6.07, 6.45) is 7.47. The Kier molecular flexibility index (Phi) is 7.32. The number of ether oxygens (including phenoxy) is 1. The van der Waals surface area contributed by atoms with Crippen LogP contribution in [-0.2, 0) is 11.3 Å². The van der Waals surface area contributed by atoms with Gasteiger partial charge in [-0.25, -0.2) is 0 Å². The number of methoxy groups -OCH3 is 1.